The van der Waals surface area contributed by atoms with Gasteiger partial charge in [-0.2, -0.15) is 0 Å². The highest BCUT2D eigenvalue weighted by Crippen LogP contribution is 2.17. The molecular formula is C17H30N4O2. The predicted molar refractivity (Wildman–Crippen MR) is 89.4 cm³/mol. The molecule has 0 radical (unpaired) electrons. The second-order valence-electron chi connectivity index (χ2n) is 7.16. The van der Waals surface area contributed by atoms with E-state index in [9.17, 15) is 9.59 Å². The summed E-state index contributed by atoms with van der Waals surface area (Å²) >= 11 is 0. The van der Waals surface area contributed by atoms with Gasteiger partial charge in [0.25, 0.3) is 0 Å². The van der Waals surface area contributed by atoms with Gasteiger partial charge < -0.3 is 15.5 Å². The summed E-state index contributed by atoms with van der Waals surface area (Å²) in [6.45, 7) is 4.54. The SMILES string of the molecule is O=C(CN1CCN(C(=O)NC2CCCCC2)CC1)[C@H]1CCCN1. The first-order chi connectivity index (χ1) is 11.2. The van der Waals surface area contributed by atoms with Gasteiger partial charge in [-0.15, -0.1) is 0 Å². The van der Waals surface area contributed by atoms with Gasteiger partial charge in [0.1, 0.15) is 0 Å². The molecule has 0 unspecified atom stereocenters. The lowest BCUT2D eigenvalue weighted by molar-refractivity contribution is -0.122. The third-order valence-corrected chi connectivity index (χ3v) is 5.42. The Labute approximate surface area is 139 Å². The van der Waals surface area contributed by atoms with Crippen molar-refractivity contribution in [2.75, 3.05) is 39.3 Å². The quantitative estimate of drug-likeness (QED) is 0.809. The van der Waals surface area contributed by atoms with E-state index in [1.165, 1.54) is 19.3 Å². The van der Waals surface area contributed by atoms with Gasteiger partial charge in [0.15, 0.2) is 5.78 Å². The second-order valence-corrected chi connectivity index (χ2v) is 7.16. The molecule has 2 saturated heterocycles. The molecule has 2 N–H and O–H groups in total. The van der Waals surface area contributed by atoms with E-state index in [1.807, 2.05) is 4.90 Å². The number of piperazine rings is 1. The van der Waals surface area contributed by atoms with E-state index in [1.54, 1.807) is 0 Å². The predicted octanol–water partition coefficient (Wildman–Crippen LogP) is 0.967. The van der Waals surface area contributed by atoms with Crippen LogP contribution in [-0.4, -0.2) is 73.0 Å². The number of urea groups is 1. The molecule has 1 aliphatic carbocycles. The lowest BCUT2D eigenvalue weighted by Gasteiger charge is -2.36. The second kappa shape index (κ2) is 8.11. The molecule has 2 amide bonds. The van der Waals surface area contributed by atoms with Crippen molar-refractivity contribution >= 4 is 11.8 Å². The Bertz CT molecular complexity index is 409. The fourth-order valence-electron chi connectivity index (χ4n) is 3.91. The summed E-state index contributed by atoms with van der Waals surface area (Å²) < 4.78 is 0. The molecule has 0 aromatic heterocycles. The van der Waals surface area contributed by atoms with E-state index in [-0.39, 0.29) is 12.1 Å². The van der Waals surface area contributed by atoms with Gasteiger partial charge in [0.2, 0.25) is 0 Å². The van der Waals surface area contributed by atoms with Gasteiger partial charge in [-0.1, -0.05) is 19.3 Å². The first-order valence-corrected chi connectivity index (χ1v) is 9.26. The zero-order chi connectivity index (χ0) is 16.1. The first kappa shape index (κ1) is 16.7. The third-order valence-electron chi connectivity index (χ3n) is 5.42. The molecule has 130 valence electrons. The molecule has 1 saturated carbocycles. The van der Waals surface area contributed by atoms with Crippen LogP contribution in [0.5, 0.6) is 0 Å². The molecule has 3 rings (SSSR count). The average molecular weight is 322 g/mol. The number of hydrogen-bond acceptors (Lipinski definition) is 4. The Hall–Kier alpha value is -1.14. The van der Waals surface area contributed by atoms with Crippen molar-refractivity contribution < 1.29 is 9.59 Å². The summed E-state index contributed by atoms with van der Waals surface area (Å²) in [6.07, 6.45) is 8.08. The Morgan fingerprint density at radius 3 is 2.35 bits per heavy atom. The molecule has 0 spiro atoms. The average Bonchev–Trinajstić information content (AvgIpc) is 3.11. The van der Waals surface area contributed by atoms with E-state index in [0.717, 1.165) is 58.4 Å². The van der Waals surface area contributed by atoms with Crippen LogP contribution < -0.4 is 10.6 Å². The standard InChI is InChI=1S/C17H30N4O2/c22-16(15-7-4-8-18-15)13-20-9-11-21(12-10-20)17(23)19-14-5-2-1-3-6-14/h14-15,18H,1-13H2,(H,19,23)/t15-/m1/s1. The van der Waals surface area contributed by atoms with Crippen molar-refractivity contribution in [2.45, 2.75) is 57.0 Å². The summed E-state index contributed by atoms with van der Waals surface area (Å²) in [5.74, 6) is 0.308. The van der Waals surface area contributed by atoms with Crippen LogP contribution in [0.4, 0.5) is 4.79 Å². The van der Waals surface area contributed by atoms with Crippen LogP contribution in [0.25, 0.3) is 0 Å². The lowest BCUT2D eigenvalue weighted by Crippen LogP contribution is -2.55. The van der Waals surface area contributed by atoms with Crippen LogP contribution in [0.2, 0.25) is 0 Å². The van der Waals surface area contributed by atoms with Crippen molar-refractivity contribution in [3.8, 4) is 0 Å². The van der Waals surface area contributed by atoms with Gasteiger partial charge in [0, 0.05) is 32.2 Å². The zero-order valence-corrected chi connectivity index (χ0v) is 14.1. The summed E-state index contributed by atoms with van der Waals surface area (Å²) in [4.78, 5) is 28.6. The largest absolute Gasteiger partial charge is 0.335 e. The smallest absolute Gasteiger partial charge is 0.317 e. The van der Waals surface area contributed by atoms with Crippen LogP contribution in [0, 0.1) is 0 Å². The molecular weight excluding hydrogens is 292 g/mol. The zero-order valence-electron chi connectivity index (χ0n) is 14.1. The molecule has 1 atom stereocenters. The topological polar surface area (TPSA) is 64.7 Å². The van der Waals surface area contributed by atoms with Crippen molar-refractivity contribution in [3.63, 3.8) is 0 Å². The summed E-state index contributed by atoms with van der Waals surface area (Å²) in [6, 6.07) is 0.507. The number of ketones is 1. The highest BCUT2D eigenvalue weighted by Gasteiger charge is 2.27. The van der Waals surface area contributed by atoms with Crippen molar-refractivity contribution in [1.29, 1.82) is 0 Å². The van der Waals surface area contributed by atoms with Gasteiger partial charge in [0.05, 0.1) is 12.6 Å². The monoisotopic (exact) mass is 322 g/mol. The molecule has 2 aliphatic heterocycles. The highest BCUT2D eigenvalue weighted by molar-refractivity contribution is 5.86. The van der Waals surface area contributed by atoms with Crippen LogP contribution in [0.15, 0.2) is 0 Å². The minimum absolute atomic E-state index is 0.0580. The van der Waals surface area contributed by atoms with E-state index in [4.69, 9.17) is 0 Å². The molecule has 6 nitrogen and oxygen atoms in total. The van der Waals surface area contributed by atoms with Gasteiger partial charge in [-0.05, 0) is 32.2 Å². The molecule has 0 aromatic carbocycles. The van der Waals surface area contributed by atoms with Crippen LogP contribution in [0.3, 0.4) is 0 Å². The first-order valence-electron chi connectivity index (χ1n) is 9.26. The molecule has 0 bridgehead atoms. The Morgan fingerprint density at radius 1 is 0.957 bits per heavy atom. The van der Waals surface area contributed by atoms with Crippen LogP contribution in [-0.2, 0) is 4.79 Å². The molecule has 23 heavy (non-hydrogen) atoms. The van der Waals surface area contributed by atoms with E-state index < -0.39 is 0 Å². The summed E-state index contributed by atoms with van der Waals surface area (Å²) in [7, 11) is 0. The Balaban J connectivity index is 1.37. The van der Waals surface area contributed by atoms with E-state index in [2.05, 4.69) is 15.5 Å². The number of amides is 2. The Kier molecular flexibility index (Phi) is 5.89. The lowest BCUT2D eigenvalue weighted by atomic mass is 9.96. The normalized spacial score (nSPS) is 27.1. The van der Waals surface area contributed by atoms with Gasteiger partial charge in [-0.25, -0.2) is 4.79 Å². The Morgan fingerprint density at radius 2 is 1.70 bits per heavy atom. The molecule has 3 fully saturated rings. The molecule has 3 aliphatic rings. The van der Waals surface area contributed by atoms with E-state index >= 15 is 0 Å². The molecule has 0 aromatic rings. The molecule has 2 heterocycles. The fourth-order valence-corrected chi connectivity index (χ4v) is 3.91. The minimum Gasteiger partial charge on any atom is -0.335 e. The van der Waals surface area contributed by atoms with Crippen LogP contribution >= 0.6 is 0 Å². The van der Waals surface area contributed by atoms with Crippen LogP contribution in [0.1, 0.15) is 44.9 Å². The number of rotatable bonds is 4. The van der Waals surface area contributed by atoms with Crippen molar-refractivity contribution in [3.05, 3.63) is 0 Å². The third kappa shape index (κ3) is 4.67. The maximum atomic E-state index is 12.3. The number of nitrogens with zero attached hydrogens (tertiary/aromatic N) is 2. The number of hydrogen-bond donors (Lipinski definition) is 2. The number of carbonyl (C=O) groups is 2. The number of nitrogens with one attached hydrogen (secondary N) is 2. The van der Waals surface area contributed by atoms with Gasteiger partial charge >= 0.3 is 6.03 Å². The molecule has 6 heteroatoms. The fraction of sp³-hybridized carbons (Fsp3) is 0.882. The minimum atomic E-state index is 0.0580. The maximum absolute atomic E-state index is 12.3. The highest BCUT2D eigenvalue weighted by atomic mass is 16.2. The summed E-state index contributed by atoms with van der Waals surface area (Å²) in [5.41, 5.74) is 0. The maximum Gasteiger partial charge on any atom is 0.317 e. The summed E-state index contributed by atoms with van der Waals surface area (Å²) in [5, 5.41) is 6.45. The number of Topliss-reactive ketones (excluding diaryl/α,β-unsaturated/α-hetero) is 1. The van der Waals surface area contributed by atoms with Gasteiger partial charge in [-0.3, -0.25) is 9.69 Å². The number of carbonyl (C=O) groups excluding carboxylic acids is 2. The van der Waals surface area contributed by atoms with E-state index in [0.29, 0.717) is 18.4 Å². The van der Waals surface area contributed by atoms with Crippen molar-refractivity contribution in [2.24, 2.45) is 0 Å². The van der Waals surface area contributed by atoms with Crippen molar-refractivity contribution in [1.82, 2.24) is 20.4 Å².